The van der Waals surface area contributed by atoms with Crippen molar-refractivity contribution >= 4 is 0 Å². The van der Waals surface area contributed by atoms with Crippen LogP contribution in [0.25, 0.3) is 0 Å². The van der Waals surface area contributed by atoms with Gasteiger partial charge in [0.15, 0.2) is 0 Å². The normalized spacial score (nSPS) is 9.20. The van der Waals surface area contributed by atoms with Crippen molar-refractivity contribution < 1.29 is 0 Å². The van der Waals surface area contributed by atoms with Crippen molar-refractivity contribution in [1.29, 1.82) is 0 Å². The van der Waals surface area contributed by atoms with Crippen LogP contribution in [0.15, 0.2) is 0 Å². The second-order valence-corrected chi connectivity index (χ2v) is 2.47. The second kappa shape index (κ2) is 8.52. The van der Waals surface area contributed by atoms with Gasteiger partial charge in [0, 0.05) is 6.42 Å². The van der Waals surface area contributed by atoms with Crippen LogP contribution < -0.4 is 5.32 Å². The van der Waals surface area contributed by atoms with E-state index in [4.69, 9.17) is 6.42 Å². The summed E-state index contributed by atoms with van der Waals surface area (Å²) in [6.45, 7) is 1.13. The third-order valence-corrected chi connectivity index (χ3v) is 1.50. The molecule has 0 aliphatic carbocycles. The highest BCUT2D eigenvalue weighted by Crippen LogP contribution is 2.00. The number of nitrogens with one attached hydrogen (secondary N) is 1. The van der Waals surface area contributed by atoms with Crippen LogP contribution in [0, 0.1) is 12.3 Å². The molecule has 0 fully saturated rings. The Kier molecular flexibility index (Phi) is 8.11. The summed E-state index contributed by atoms with van der Waals surface area (Å²) in [6.07, 6.45) is 11.1. The van der Waals surface area contributed by atoms with Crippen molar-refractivity contribution in [2.75, 3.05) is 13.6 Å². The molecule has 10 heavy (non-hydrogen) atoms. The van der Waals surface area contributed by atoms with E-state index in [0.717, 1.165) is 13.0 Å². The molecule has 0 heterocycles. The first kappa shape index (κ1) is 9.52. The predicted molar refractivity (Wildman–Crippen MR) is 45.8 cm³/mol. The van der Waals surface area contributed by atoms with Crippen molar-refractivity contribution in [3.05, 3.63) is 0 Å². The van der Waals surface area contributed by atoms with Crippen molar-refractivity contribution in [2.45, 2.75) is 32.1 Å². The van der Waals surface area contributed by atoms with E-state index < -0.39 is 0 Å². The topological polar surface area (TPSA) is 12.0 Å². The summed E-state index contributed by atoms with van der Waals surface area (Å²) in [7, 11) is 1.99. The summed E-state index contributed by atoms with van der Waals surface area (Å²) in [5, 5.41) is 3.12. The van der Waals surface area contributed by atoms with Crippen LogP contribution in [0.5, 0.6) is 0 Å². The van der Waals surface area contributed by atoms with E-state index in [1.807, 2.05) is 7.05 Å². The Bertz CT molecular complexity index is 91.4. The average Bonchev–Trinajstić information content (AvgIpc) is 1.97. The molecule has 58 valence electrons. The van der Waals surface area contributed by atoms with E-state index >= 15 is 0 Å². The van der Waals surface area contributed by atoms with Crippen LogP contribution in [0.2, 0.25) is 0 Å². The Morgan fingerprint density at radius 2 is 1.90 bits per heavy atom. The predicted octanol–water partition coefficient (Wildman–Crippen LogP) is 1.79. The molecule has 1 N–H and O–H groups in total. The van der Waals surface area contributed by atoms with Crippen LogP contribution in [0.1, 0.15) is 32.1 Å². The largest absolute Gasteiger partial charge is 0.320 e. The van der Waals surface area contributed by atoms with E-state index in [0.29, 0.717) is 0 Å². The highest BCUT2D eigenvalue weighted by molar-refractivity contribution is 4.82. The quantitative estimate of drug-likeness (QED) is 0.437. The lowest BCUT2D eigenvalue weighted by Gasteiger charge is -1.97. The van der Waals surface area contributed by atoms with Gasteiger partial charge in [-0.15, -0.1) is 12.3 Å². The zero-order chi connectivity index (χ0) is 7.66. The Hall–Kier alpha value is -0.480. The van der Waals surface area contributed by atoms with E-state index in [9.17, 15) is 0 Å². The van der Waals surface area contributed by atoms with Gasteiger partial charge in [0.1, 0.15) is 0 Å². The van der Waals surface area contributed by atoms with Crippen molar-refractivity contribution in [3.8, 4) is 12.3 Å². The molecular formula is C9H17N. The van der Waals surface area contributed by atoms with Crippen LogP contribution in [0.4, 0.5) is 0 Å². The molecule has 0 aromatic carbocycles. The van der Waals surface area contributed by atoms with Gasteiger partial charge in [0.25, 0.3) is 0 Å². The Morgan fingerprint density at radius 3 is 2.50 bits per heavy atom. The zero-order valence-electron chi connectivity index (χ0n) is 6.82. The molecule has 0 rings (SSSR count). The van der Waals surface area contributed by atoms with Crippen LogP contribution in [-0.4, -0.2) is 13.6 Å². The third kappa shape index (κ3) is 7.52. The minimum Gasteiger partial charge on any atom is -0.320 e. The third-order valence-electron chi connectivity index (χ3n) is 1.50. The number of hydrogen-bond acceptors (Lipinski definition) is 1. The maximum Gasteiger partial charge on any atom is 0.00860 e. The van der Waals surface area contributed by atoms with Gasteiger partial charge < -0.3 is 5.32 Å². The first-order valence-corrected chi connectivity index (χ1v) is 4.00. The molecule has 0 unspecified atom stereocenters. The van der Waals surface area contributed by atoms with Gasteiger partial charge in [-0.3, -0.25) is 0 Å². The van der Waals surface area contributed by atoms with Crippen molar-refractivity contribution in [3.63, 3.8) is 0 Å². The highest BCUT2D eigenvalue weighted by Gasteiger charge is 1.86. The smallest absolute Gasteiger partial charge is 0.00860 e. The number of hydrogen-bond donors (Lipinski definition) is 1. The van der Waals surface area contributed by atoms with Gasteiger partial charge in [-0.25, -0.2) is 0 Å². The molecular weight excluding hydrogens is 122 g/mol. The number of terminal acetylenes is 1. The Balaban J connectivity index is 2.72. The standard InChI is InChI=1S/C9H17N/c1-3-4-5-6-7-8-9-10-2/h1,10H,4-9H2,2H3. The second-order valence-electron chi connectivity index (χ2n) is 2.47. The lowest BCUT2D eigenvalue weighted by atomic mass is 10.1. The summed E-state index contributed by atoms with van der Waals surface area (Å²) < 4.78 is 0. The fourth-order valence-electron chi connectivity index (χ4n) is 0.882. The number of rotatable bonds is 6. The van der Waals surface area contributed by atoms with E-state index in [-0.39, 0.29) is 0 Å². The van der Waals surface area contributed by atoms with E-state index in [1.165, 1.54) is 25.7 Å². The van der Waals surface area contributed by atoms with Crippen LogP contribution in [-0.2, 0) is 0 Å². The molecule has 0 bridgehead atoms. The van der Waals surface area contributed by atoms with Crippen LogP contribution >= 0.6 is 0 Å². The molecule has 0 spiro atoms. The summed E-state index contributed by atoms with van der Waals surface area (Å²) in [5.74, 6) is 2.64. The first-order valence-electron chi connectivity index (χ1n) is 4.00. The summed E-state index contributed by atoms with van der Waals surface area (Å²) in [6, 6.07) is 0. The molecule has 0 saturated heterocycles. The van der Waals surface area contributed by atoms with Gasteiger partial charge in [-0.1, -0.05) is 12.8 Å². The summed E-state index contributed by atoms with van der Waals surface area (Å²) in [4.78, 5) is 0. The molecule has 0 aliphatic rings. The van der Waals surface area contributed by atoms with E-state index in [1.54, 1.807) is 0 Å². The molecule has 0 amide bonds. The van der Waals surface area contributed by atoms with Gasteiger partial charge in [0.05, 0.1) is 0 Å². The van der Waals surface area contributed by atoms with Gasteiger partial charge in [-0.2, -0.15) is 0 Å². The Labute approximate surface area is 64.2 Å². The minimum atomic E-state index is 0.944. The molecule has 0 saturated carbocycles. The molecule has 1 nitrogen and oxygen atoms in total. The van der Waals surface area contributed by atoms with Crippen LogP contribution in [0.3, 0.4) is 0 Å². The fraction of sp³-hybridized carbons (Fsp3) is 0.778. The Morgan fingerprint density at radius 1 is 1.20 bits per heavy atom. The average molecular weight is 139 g/mol. The first-order chi connectivity index (χ1) is 4.91. The van der Waals surface area contributed by atoms with Gasteiger partial charge in [0.2, 0.25) is 0 Å². The van der Waals surface area contributed by atoms with Gasteiger partial charge >= 0.3 is 0 Å². The van der Waals surface area contributed by atoms with Crippen molar-refractivity contribution in [2.24, 2.45) is 0 Å². The summed E-state index contributed by atoms with van der Waals surface area (Å²) in [5.41, 5.74) is 0. The maximum atomic E-state index is 5.11. The maximum absolute atomic E-state index is 5.11. The molecule has 0 aliphatic heterocycles. The zero-order valence-corrected chi connectivity index (χ0v) is 6.82. The lowest BCUT2D eigenvalue weighted by molar-refractivity contribution is 0.623. The van der Waals surface area contributed by atoms with E-state index in [2.05, 4.69) is 11.2 Å². The molecule has 1 heteroatoms. The fourth-order valence-corrected chi connectivity index (χ4v) is 0.882. The molecule has 0 aromatic rings. The molecule has 0 aromatic heterocycles. The monoisotopic (exact) mass is 139 g/mol. The molecule has 0 radical (unpaired) electrons. The van der Waals surface area contributed by atoms with Crippen molar-refractivity contribution in [1.82, 2.24) is 5.32 Å². The highest BCUT2D eigenvalue weighted by atomic mass is 14.8. The summed E-state index contributed by atoms with van der Waals surface area (Å²) >= 11 is 0. The lowest BCUT2D eigenvalue weighted by Crippen LogP contribution is -2.06. The van der Waals surface area contributed by atoms with Gasteiger partial charge in [-0.05, 0) is 26.4 Å². The molecule has 0 atom stereocenters. The SMILES string of the molecule is C#CCCCCCCNC. The number of unbranched alkanes of at least 4 members (excludes halogenated alkanes) is 4. The minimum absolute atomic E-state index is 0.944.